The average molecular weight is 344 g/mol. The van der Waals surface area contributed by atoms with Crippen LogP contribution in [0.2, 0.25) is 5.02 Å². The van der Waals surface area contributed by atoms with Crippen molar-refractivity contribution in [1.29, 1.82) is 0 Å². The third kappa shape index (κ3) is 5.37. The molecular weight excluding hydrogens is 325 g/mol. The summed E-state index contributed by atoms with van der Waals surface area (Å²) in [5, 5.41) is 16.6. The lowest BCUT2D eigenvalue weighted by Gasteiger charge is -2.35. The molecule has 0 spiro atoms. The minimum Gasteiger partial charge on any atom is -0.465 e. The van der Waals surface area contributed by atoms with Gasteiger partial charge in [-0.2, -0.15) is 0 Å². The molecule has 1 aliphatic rings. The lowest BCUT2D eigenvalue weighted by molar-refractivity contribution is -0.120. The van der Waals surface area contributed by atoms with Crippen LogP contribution < -0.4 is 16.0 Å². The van der Waals surface area contributed by atoms with E-state index < -0.39 is 11.9 Å². The number of carbonyl (C=O) groups excluding carboxylic acids is 1. The average Bonchev–Trinajstić information content (AvgIpc) is 2.45. The van der Waals surface area contributed by atoms with E-state index in [1.165, 1.54) is 6.07 Å². The van der Waals surface area contributed by atoms with Crippen LogP contribution in [0.5, 0.6) is 0 Å². The van der Waals surface area contributed by atoms with E-state index in [4.69, 9.17) is 16.7 Å². The number of hydrogen-bond donors (Lipinski definition) is 4. The van der Waals surface area contributed by atoms with Crippen molar-refractivity contribution in [3.8, 4) is 0 Å². The van der Waals surface area contributed by atoms with Gasteiger partial charge in [-0.1, -0.05) is 23.7 Å². The summed E-state index contributed by atoms with van der Waals surface area (Å²) in [5.74, 6) is -0.386. The Hall–Kier alpha value is -1.86. The Balaban J connectivity index is 1.59. The van der Waals surface area contributed by atoms with Crippen molar-refractivity contribution in [2.75, 3.05) is 13.1 Å². The van der Waals surface area contributed by atoms with Crippen molar-refractivity contribution in [2.24, 2.45) is 5.92 Å². The molecule has 2 amide bonds. The van der Waals surface area contributed by atoms with Gasteiger partial charge in [0.1, 0.15) is 5.82 Å². The molecule has 126 valence electrons. The van der Waals surface area contributed by atoms with Crippen molar-refractivity contribution < 1.29 is 19.1 Å². The molecule has 2 rings (SSSR count). The Morgan fingerprint density at radius 2 is 2.09 bits per heavy atom. The molecule has 0 radical (unpaired) electrons. The fourth-order valence-electron chi connectivity index (χ4n) is 2.53. The first-order chi connectivity index (χ1) is 11.0. The highest BCUT2D eigenvalue weighted by Gasteiger charge is 2.29. The zero-order chi connectivity index (χ0) is 16.8. The molecule has 1 aromatic rings. The topological polar surface area (TPSA) is 90.5 Å². The van der Waals surface area contributed by atoms with E-state index >= 15 is 0 Å². The fraction of sp³-hybridized carbons (Fsp3) is 0.467. The van der Waals surface area contributed by atoms with Crippen LogP contribution in [-0.2, 0) is 11.3 Å². The van der Waals surface area contributed by atoms with E-state index in [-0.39, 0.29) is 30.1 Å². The van der Waals surface area contributed by atoms with E-state index in [9.17, 15) is 14.0 Å². The van der Waals surface area contributed by atoms with Gasteiger partial charge in [-0.25, -0.2) is 9.18 Å². The zero-order valence-electron chi connectivity index (χ0n) is 12.4. The predicted octanol–water partition coefficient (Wildman–Crippen LogP) is 1.73. The number of rotatable bonds is 7. The lowest BCUT2D eigenvalue weighted by Crippen LogP contribution is -2.47. The molecular formula is C15H19ClFN3O3. The second-order valence-corrected chi connectivity index (χ2v) is 6.01. The van der Waals surface area contributed by atoms with Crippen LogP contribution >= 0.6 is 11.6 Å². The summed E-state index contributed by atoms with van der Waals surface area (Å²) in [6.07, 6.45) is 0.539. The van der Waals surface area contributed by atoms with Gasteiger partial charge in [0.2, 0.25) is 5.91 Å². The quantitative estimate of drug-likeness (QED) is 0.607. The Kier molecular flexibility index (Phi) is 6.18. The number of nitrogens with one attached hydrogen (secondary N) is 3. The summed E-state index contributed by atoms with van der Waals surface area (Å²) < 4.78 is 13.6. The van der Waals surface area contributed by atoms with Crippen LogP contribution in [0, 0.1) is 11.7 Å². The van der Waals surface area contributed by atoms with Crippen molar-refractivity contribution >= 4 is 23.6 Å². The van der Waals surface area contributed by atoms with Gasteiger partial charge in [-0.05, 0) is 31.4 Å². The first-order valence-corrected chi connectivity index (χ1v) is 7.73. The number of carboxylic acid groups (broad SMARTS) is 1. The van der Waals surface area contributed by atoms with Gasteiger partial charge in [0.05, 0.1) is 11.6 Å². The number of carbonyl (C=O) groups is 2. The number of amides is 2. The molecule has 1 aliphatic carbocycles. The maximum absolute atomic E-state index is 13.6. The standard InChI is InChI=1S/C15H19ClFN3O3/c16-12-3-1-2-10(14(12)17)7-19-13(21)8-18-6-9-4-11(5-9)20-15(22)23/h1-3,9,11,18,20H,4-8H2,(H,19,21)(H,22,23). The van der Waals surface area contributed by atoms with E-state index in [2.05, 4.69) is 16.0 Å². The largest absolute Gasteiger partial charge is 0.465 e. The predicted molar refractivity (Wildman–Crippen MR) is 83.8 cm³/mol. The highest BCUT2D eigenvalue weighted by Crippen LogP contribution is 2.26. The zero-order valence-corrected chi connectivity index (χ0v) is 13.2. The molecule has 0 heterocycles. The molecule has 0 aromatic heterocycles. The summed E-state index contributed by atoms with van der Waals surface area (Å²) in [6.45, 7) is 0.868. The number of halogens is 2. The van der Waals surface area contributed by atoms with Crippen molar-refractivity contribution in [2.45, 2.75) is 25.4 Å². The molecule has 0 bridgehead atoms. The smallest absolute Gasteiger partial charge is 0.404 e. The van der Waals surface area contributed by atoms with Crippen LogP contribution in [0.25, 0.3) is 0 Å². The molecule has 8 heteroatoms. The molecule has 1 saturated carbocycles. The van der Waals surface area contributed by atoms with Gasteiger partial charge in [-0.3, -0.25) is 4.79 Å². The Morgan fingerprint density at radius 1 is 1.35 bits per heavy atom. The van der Waals surface area contributed by atoms with Gasteiger partial charge in [-0.15, -0.1) is 0 Å². The highest BCUT2D eigenvalue weighted by molar-refractivity contribution is 6.30. The van der Waals surface area contributed by atoms with Crippen LogP contribution in [0.1, 0.15) is 18.4 Å². The summed E-state index contributed by atoms with van der Waals surface area (Å²) in [5.41, 5.74) is 0.340. The number of benzene rings is 1. The molecule has 23 heavy (non-hydrogen) atoms. The molecule has 4 N–H and O–H groups in total. The van der Waals surface area contributed by atoms with Gasteiger partial charge in [0, 0.05) is 18.2 Å². The molecule has 1 fully saturated rings. The molecule has 0 aliphatic heterocycles. The van der Waals surface area contributed by atoms with Gasteiger partial charge in [0.15, 0.2) is 0 Å². The first-order valence-electron chi connectivity index (χ1n) is 7.35. The maximum atomic E-state index is 13.6. The Bertz CT molecular complexity index is 579. The van der Waals surface area contributed by atoms with Crippen LogP contribution in [0.4, 0.5) is 9.18 Å². The van der Waals surface area contributed by atoms with Gasteiger partial charge >= 0.3 is 6.09 Å². The van der Waals surface area contributed by atoms with Crippen molar-refractivity contribution in [1.82, 2.24) is 16.0 Å². The Labute approximate surface area is 138 Å². The van der Waals surface area contributed by atoms with Crippen molar-refractivity contribution in [3.63, 3.8) is 0 Å². The molecule has 0 unspecified atom stereocenters. The van der Waals surface area contributed by atoms with E-state index in [0.717, 1.165) is 12.8 Å². The van der Waals surface area contributed by atoms with Gasteiger partial charge < -0.3 is 21.1 Å². The van der Waals surface area contributed by atoms with E-state index in [1.807, 2.05) is 0 Å². The van der Waals surface area contributed by atoms with Crippen LogP contribution in [0.3, 0.4) is 0 Å². The van der Waals surface area contributed by atoms with Crippen molar-refractivity contribution in [3.05, 3.63) is 34.6 Å². The highest BCUT2D eigenvalue weighted by atomic mass is 35.5. The molecule has 0 atom stereocenters. The molecule has 0 saturated heterocycles. The number of hydrogen-bond acceptors (Lipinski definition) is 3. The summed E-state index contributed by atoms with van der Waals surface area (Å²) >= 11 is 5.67. The van der Waals surface area contributed by atoms with E-state index in [1.54, 1.807) is 12.1 Å². The third-order valence-electron chi connectivity index (χ3n) is 3.79. The Morgan fingerprint density at radius 3 is 2.78 bits per heavy atom. The second kappa shape index (κ2) is 8.12. The first kappa shape index (κ1) is 17.5. The third-order valence-corrected chi connectivity index (χ3v) is 4.08. The monoisotopic (exact) mass is 343 g/mol. The normalized spacial score (nSPS) is 19.7. The fourth-order valence-corrected chi connectivity index (χ4v) is 2.72. The SMILES string of the molecule is O=C(O)NC1CC(CNCC(=O)NCc2cccc(Cl)c2F)C1. The summed E-state index contributed by atoms with van der Waals surface area (Å²) in [7, 11) is 0. The molecule has 1 aromatic carbocycles. The van der Waals surface area contributed by atoms with E-state index in [0.29, 0.717) is 18.0 Å². The minimum absolute atomic E-state index is 0.0129. The van der Waals surface area contributed by atoms with Crippen LogP contribution in [0.15, 0.2) is 18.2 Å². The maximum Gasteiger partial charge on any atom is 0.404 e. The minimum atomic E-state index is -1.01. The lowest BCUT2D eigenvalue weighted by atomic mass is 9.80. The summed E-state index contributed by atoms with van der Waals surface area (Å²) in [4.78, 5) is 22.1. The second-order valence-electron chi connectivity index (χ2n) is 5.60. The van der Waals surface area contributed by atoms with Crippen LogP contribution in [-0.4, -0.2) is 36.2 Å². The summed E-state index contributed by atoms with van der Waals surface area (Å²) in [6, 6.07) is 4.66. The van der Waals surface area contributed by atoms with Gasteiger partial charge in [0.25, 0.3) is 0 Å². The molecule has 6 nitrogen and oxygen atoms in total.